The molecule has 0 amide bonds. The maximum atomic E-state index is 12.9. The van der Waals surface area contributed by atoms with Crippen LogP contribution in [0.15, 0.2) is 32.8 Å². The van der Waals surface area contributed by atoms with Crippen LogP contribution in [-0.2, 0) is 7.05 Å². The Labute approximate surface area is 166 Å². The number of nitrogens with one attached hydrogen (secondary N) is 1. The molecular formula is C17H21Cl2N5OS. The van der Waals surface area contributed by atoms with Crippen molar-refractivity contribution in [3.05, 3.63) is 38.6 Å². The van der Waals surface area contributed by atoms with E-state index >= 15 is 0 Å². The van der Waals surface area contributed by atoms with Crippen LogP contribution in [0.5, 0.6) is 0 Å². The third-order valence-corrected chi connectivity index (χ3v) is 6.49. The Bertz CT molecular complexity index is 873. The van der Waals surface area contributed by atoms with Crippen molar-refractivity contribution < 1.29 is 0 Å². The van der Waals surface area contributed by atoms with Crippen LogP contribution in [0.1, 0.15) is 13.3 Å². The number of hydrogen-bond donors (Lipinski definition) is 2. The topological polar surface area (TPSA) is 76.2 Å². The molecular weight excluding hydrogens is 393 g/mol. The van der Waals surface area contributed by atoms with E-state index in [1.165, 1.54) is 11.8 Å². The Morgan fingerprint density at radius 2 is 2.19 bits per heavy atom. The summed E-state index contributed by atoms with van der Waals surface area (Å²) in [4.78, 5) is 20.5. The molecule has 0 aliphatic carbocycles. The molecule has 6 nitrogen and oxygen atoms in total. The van der Waals surface area contributed by atoms with E-state index in [4.69, 9.17) is 28.9 Å². The van der Waals surface area contributed by atoms with E-state index in [2.05, 4.69) is 22.1 Å². The summed E-state index contributed by atoms with van der Waals surface area (Å²) < 4.78 is 1.55. The van der Waals surface area contributed by atoms with Crippen LogP contribution >= 0.6 is 35.0 Å². The zero-order valence-corrected chi connectivity index (χ0v) is 17.0. The van der Waals surface area contributed by atoms with E-state index < -0.39 is 0 Å². The predicted molar refractivity (Wildman–Crippen MR) is 109 cm³/mol. The van der Waals surface area contributed by atoms with Crippen molar-refractivity contribution in [3.63, 3.8) is 0 Å². The number of anilines is 2. The van der Waals surface area contributed by atoms with Crippen LogP contribution in [0.4, 0.5) is 11.8 Å². The van der Waals surface area contributed by atoms with E-state index in [9.17, 15) is 4.79 Å². The van der Waals surface area contributed by atoms with Crippen LogP contribution < -0.4 is 21.5 Å². The molecule has 0 radical (unpaired) electrons. The van der Waals surface area contributed by atoms with Gasteiger partial charge >= 0.3 is 0 Å². The number of aromatic nitrogens is 2. The Morgan fingerprint density at radius 3 is 2.92 bits per heavy atom. The molecule has 1 atom stereocenters. The summed E-state index contributed by atoms with van der Waals surface area (Å²) in [5.74, 6) is 0.796. The quantitative estimate of drug-likeness (QED) is 0.801. The zero-order chi connectivity index (χ0) is 18.8. The lowest BCUT2D eigenvalue weighted by molar-refractivity contribution is 0.439. The monoisotopic (exact) mass is 413 g/mol. The van der Waals surface area contributed by atoms with Gasteiger partial charge in [0, 0.05) is 37.6 Å². The van der Waals surface area contributed by atoms with Gasteiger partial charge < -0.3 is 16.0 Å². The van der Waals surface area contributed by atoms with Gasteiger partial charge in [0.05, 0.1) is 10.0 Å². The largest absolute Gasteiger partial charge is 0.382 e. The molecule has 3 rings (SSSR count). The minimum absolute atomic E-state index is 0.194. The minimum atomic E-state index is -0.194. The SMILES string of the molecule is CC[C@H]1CN(c2nc(N)c(Sc3cccc(Cl)c3Cl)c(=O)n2C)CCN1. The summed E-state index contributed by atoms with van der Waals surface area (Å²) in [5, 5.41) is 4.29. The molecule has 1 saturated heterocycles. The zero-order valence-electron chi connectivity index (χ0n) is 14.6. The molecule has 0 saturated carbocycles. The molecule has 0 unspecified atom stereocenters. The number of nitrogens with zero attached hydrogens (tertiary/aromatic N) is 3. The fraction of sp³-hybridized carbons (Fsp3) is 0.412. The van der Waals surface area contributed by atoms with Gasteiger partial charge in [0.1, 0.15) is 10.7 Å². The van der Waals surface area contributed by atoms with E-state index in [0.29, 0.717) is 31.8 Å². The molecule has 0 spiro atoms. The fourth-order valence-corrected chi connectivity index (χ4v) is 4.33. The molecule has 1 fully saturated rings. The van der Waals surface area contributed by atoms with Crippen molar-refractivity contribution in [2.75, 3.05) is 30.3 Å². The van der Waals surface area contributed by atoms with Gasteiger partial charge in [-0.25, -0.2) is 0 Å². The average molecular weight is 414 g/mol. The van der Waals surface area contributed by atoms with Crippen LogP contribution in [0.25, 0.3) is 0 Å². The van der Waals surface area contributed by atoms with E-state index in [1.54, 1.807) is 29.8 Å². The lowest BCUT2D eigenvalue weighted by Gasteiger charge is -2.34. The highest BCUT2D eigenvalue weighted by Crippen LogP contribution is 2.37. The highest BCUT2D eigenvalue weighted by molar-refractivity contribution is 7.99. The first-order chi connectivity index (χ1) is 12.4. The number of nitrogens with two attached hydrogens (primary N) is 1. The standard InChI is InChI=1S/C17H21Cl2N5OS/c1-3-10-9-24(8-7-21-10)17-22-15(20)14(16(25)23(17)2)26-12-6-4-5-11(18)13(12)19/h4-6,10,21H,3,7-9,20H2,1-2H3/t10-/m0/s1. The van der Waals surface area contributed by atoms with Crippen molar-refractivity contribution >= 4 is 46.7 Å². The molecule has 1 aromatic heterocycles. The second-order valence-electron chi connectivity index (χ2n) is 6.15. The van der Waals surface area contributed by atoms with E-state index in [-0.39, 0.29) is 11.4 Å². The van der Waals surface area contributed by atoms with Crippen LogP contribution in [0, 0.1) is 0 Å². The highest BCUT2D eigenvalue weighted by Gasteiger charge is 2.23. The first-order valence-electron chi connectivity index (χ1n) is 8.39. The summed E-state index contributed by atoms with van der Waals surface area (Å²) in [6.07, 6.45) is 1.02. The minimum Gasteiger partial charge on any atom is -0.382 e. The first-order valence-corrected chi connectivity index (χ1v) is 9.96. The van der Waals surface area contributed by atoms with Crippen molar-refractivity contribution in [2.24, 2.45) is 7.05 Å². The van der Waals surface area contributed by atoms with Gasteiger partial charge in [-0.05, 0) is 18.6 Å². The van der Waals surface area contributed by atoms with Crippen molar-refractivity contribution in [1.29, 1.82) is 0 Å². The van der Waals surface area contributed by atoms with Gasteiger partial charge in [-0.2, -0.15) is 4.98 Å². The molecule has 2 aromatic rings. The van der Waals surface area contributed by atoms with Gasteiger partial charge in [-0.1, -0.05) is 48.0 Å². The average Bonchev–Trinajstić information content (AvgIpc) is 2.65. The van der Waals surface area contributed by atoms with Crippen molar-refractivity contribution in [3.8, 4) is 0 Å². The van der Waals surface area contributed by atoms with Crippen molar-refractivity contribution in [2.45, 2.75) is 29.2 Å². The lowest BCUT2D eigenvalue weighted by atomic mass is 10.2. The highest BCUT2D eigenvalue weighted by atomic mass is 35.5. The molecule has 1 aliphatic rings. The number of rotatable bonds is 4. The van der Waals surface area contributed by atoms with Gasteiger partial charge in [0.15, 0.2) is 0 Å². The fourth-order valence-electron chi connectivity index (χ4n) is 2.92. The maximum Gasteiger partial charge on any atom is 0.270 e. The molecule has 9 heteroatoms. The molecule has 2 heterocycles. The maximum absolute atomic E-state index is 12.9. The Balaban J connectivity index is 1.96. The lowest BCUT2D eigenvalue weighted by Crippen LogP contribution is -2.52. The first kappa shape index (κ1) is 19.4. The van der Waals surface area contributed by atoms with E-state index in [1.807, 2.05) is 0 Å². The van der Waals surface area contributed by atoms with Crippen LogP contribution in [-0.4, -0.2) is 35.2 Å². The summed E-state index contributed by atoms with van der Waals surface area (Å²) in [5.41, 5.74) is 5.94. The number of halogens is 2. The summed E-state index contributed by atoms with van der Waals surface area (Å²) in [6.45, 7) is 4.56. The van der Waals surface area contributed by atoms with Gasteiger partial charge in [0.25, 0.3) is 5.56 Å². The molecule has 1 aromatic carbocycles. The Morgan fingerprint density at radius 1 is 1.42 bits per heavy atom. The number of hydrogen-bond acceptors (Lipinski definition) is 6. The predicted octanol–water partition coefficient (Wildman–Crippen LogP) is 3.01. The Hall–Kier alpha value is -1.41. The van der Waals surface area contributed by atoms with Crippen LogP contribution in [0.3, 0.4) is 0 Å². The molecule has 1 aliphatic heterocycles. The normalized spacial score (nSPS) is 17.5. The van der Waals surface area contributed by atoms with Gasteiger partial charge in [-0.15, -0.1) is 0 Å². The third-order valence-electron chi connectivity index (χ3n) is 4.41. The molecule has 26 heavy (non-hydrogen) atoms. The number of nitrogen functional groups attached to an aromatic ring is 1. The second-order valence-corrected chi connectivity index (χ2v) is 7.99. The van der Waals surface area contributed by atoms with Crippen LogP contribution in [0.2, 0.25) is 10.0 Å². The Kier molecular flexibility index (Phi) is 6.02. The van der Waals surface area contributed by atoms with Gasteiger partial charge in [0.2, 0.25) is 5.95 Å². The summed E-state index contributed by atoms with van der Waals surface area (Å²) >= 11 is 13.5. The summed E-state index contributed by atoms with van der Waals surface area (Å²) in [7, 11) is 1.72. The molecule has 3 N–H and O–H groups in total. The van der Waals surface area contributed by atoms with E-state index in [0.717, 1.165) is 26.1 Å². The third kappa shape index (κ3) is 3.81. The number of piperazine rings is 1. The second kappa shape index (κ2) is 8.08. The summed E-state index contributed by atoms with van der Waals surface area (Å²) in [6, 6.07) is 5.66. The number of benzene rings is 1. The molecule has 0 bridgehead atoms. The van der Waals surface area contributed by atoms with Gasteiger partial charge in [-0.3, -0.25) is 9.36 Å². The van der Waals surface area contributed by atoms with Crippen molar-refractivity contribution in [1.82, 2.24) is 14.9 Å². The molecule has 140 valence electrons. The smallest absolute Gasteiger partial charge is 0.270 e.